The van der Waals surface area contributed by atoms with Crippen LogP contribution >= 0.6 is 11.3 Å². The van der Waals surface area contributed by atoms with Crippen LogP contribution in [0.15, 0.2) is 18.2 Å². The van der Waals surface area contributed by atoms with E-state index < -0.39 is 5.97 Å². The van der Waals surface area contributed by atoms with Gasteiger partial charge in [0, 0.05) is 4.88 Å². The average Bonchev–Trinajstić information content (AvgIpc) is 2.72. The van der Waals surface area contributed by atoms with Gasteiger partial charge in [-0.3, -0.25) is 0 Å². The number of carbonyl (C=O) groups is 1. The molecule has 1 aromatic heterocycles. The Hall–Kier alpha value is -2.08. The summed E-state index contributed by atoms with van der Waals surface area (Å²) >= 11 is 1.53. The van der Waals surface area contributed by atoms with Gasteiger partial charge in [0.1, 0.15) is 0 Å². The molecule has 2 aromatic rings. The number of hydrogen-bond donors (Lipinski definition) is 3. The van der Waals surface area contributed by atoms with E-state index in [1.54, 1.807) is 6.07 Å². The first-order valence-electron chi connectivity index (χ1n) is 5.87. The monoisotopic (exact) mass is 277 g/mol. The van der Waals surface area contributed by atoms with Gasteiger partial charge >= 0.3 is 5.97 Å². The normalized spacial score (nSPS) is 10.4. The number of nitrogen functional groups attached to an aromatic ring is 1. The van der Waals surface area contributed by atoms with E-state index in [0.717, 1.165) is 22.1 Å². The Kier molecular flexibility index (Phi) is 3.71. The summed E-state index contributed by atoms with van der Waals surface area (Å²) in [6.45, 7) is 4.06. The molecule has 0 spiro atoms. The molecule has 19 heavy (non-hydrogen) atoms. The van der Waals surface area contributed by atoms with Gasteiger partial charge in [0.2, 0.25) is 0 Å². The zero-order valence-corrected chi connectivity index (χ0v) is 11.5. The van der Waals surface area contributed by atoms with Crippen molar-refractivity contribution in [1.82, 2.24) is 4.98 Å². The summed E-state index contributed by atoms with van der Waals surface area (Å²) in [4.78, 5) is 16.5. The van der Waals surface area contributed by atoms with Crippen LogP contribution in [0.1, 0.15) is 27.9 Å². The number of carboxylic acids is 1. The van der Waals surface area contributed by atoms with Crippen LogP contribution in [-0.2, 0) is 6.42 Å². The third-order valence-electron chi connectivity index (χ3n) is 2.77. The number of aromatic nitrogens is 1. The molecule has 100 valence electrons. The Labute approximate surface area is 115 Å². The van der Waals surface area contributed by atoms with Gasteiger partial charge in [-0.1, -0.05) is 6.92 Å². The molecule has 1 heterocycles. The highest BCUT2D eigenvalue weighted by atomic mass is 32.1. The first-order chi connectivity index (χ1) is 9.01. The summed E-state index contributed by atoms with van der Waals surface area (Å²) in [7, 11) is 0. The van der Waals surface area contributed by atoms with Crippen LogP contribution in [0.5, 0.6) is 0 Å². The number of nitrogens with two attached hydrogens (primary N) is 1. The minimum Gasteiger partial charge on any atom is -0.478 e. The fraction of sp³-hybridized carbons (Fsp3) is 0.231. The molecule has 2 rings (SSSR count). The second-order valence-electron chi connectivity index (χ2n) is 4.11. The van der Waals surface area contributed by atoms with E-state index in [-0.39, 0.29) is 5.56 Å². The number of rotatable bonds is 4. The number of nitrogens with zero attached hydrogens (tertiary/aromatic N) is 1. The van der Waals surface area contributed by atoms with Gasteiger partial charge in [-0.2, -0.15) is 0 Å². The third kappa shape index (κ3) is 2.85. The lowest BCUT2D eigenvalue weighted by Gasteiger charge is -2.07. The van der Waals surface area contributed by atoms with Crippen LogP contribution < -0.4 is 11.1 Å². The molecule has 0 bridgehead atoms. The summed E-state index contributed by atoms with van der Waals surface area (Å²) < 4.78 is 0. The molecule has 0 saturated carbocycles. The maximum atomic E-state index is 10.9. The Morgan fingerprint density at radius 3 is 2.84 bits per heavy atom. The fourth-order valence-electron chi connectivity index (χ4n) is 1.72. The molecule has 5 nitrogen and oxygen atoms in total. The SMILES string of the molecule is CCc1nc(Nc2cc(C(=O)O)ccc2N)sc1C. The molecule has 0 aliphatic carbocycles. The van der Waals surface area contributed by atoms with Crippen molar-refractivity contribution in [2.24, 2.45) is 0 Å². The Bertz CT molecular complexity index is 622. The minimum absolute atomic E-state index is 0.195. The fourth-order valence-corrected chi connectivity index (χ4v) is 2.64. The largest absolute Gasteiger partial charge is 0.478 e. The quantitative estimate of drug-likeness (QED) is 0.747. The van der Waals surface area contributed by atoms with Crippen molar-refractivity contribution in [2.45, 2.75) is 20.3 Å². The van der Waals surface area contributed by atoms with Crippen LogP contribution in [0.2, 0.25) is 0 Å². The molecule has 0 atom stereocenters. The Morgan fingerprint density at radius 2 is 2.26 bits per heavy atom. The molecule has 0 unspecified atom stereocenters. The molecule has 0 amide bonds. The molecule has 0 radical (unpaired) electrons. The van der Waals surface area contributed by atoms with Gasteiger partial charge < -0.3 is 16.2 Å². The molecule has 6 heteroatoms. The molecule has 0 saturated heterocycles. The molecule has 0 aliphatic heterocycles. The van der Waals surface area contributed by atoms with Crippen molar-refractivity contribution >= 4 is 33.8 Å². The van der Waals surface area contributed by atoms with Gasteiger partial charge in [0.15, 0.2) is 5.13 Å². The molecule has 0 aliphatic rings. The Balaban J connectivity index is 2.31. The van der Waals surface area contributed by atoms with Gasteiger partial charge in [-0.15, -0.1) is 11.3 Å². The van der Waals surface area contributed by atoms with Crippen molar-refractivity contribution in [3.05, 3.63) is 34.3 Å². The van der Waals surface area contributed by atoms with E-state index in [2.05, 4.69) is 10.3 Å². The lowest BCUT2D eigenvalue weighted by molar-refractivity contribution is 0.0697. The maximum absolute atomic E-state index is 10.9. The molecule has 1 aromatic carbocycles. The van der Waals surface area contributed by atoms with E-state index in [0.29, 0.717) is 11.4 Å². The summed E-state index contributed by atoms with van der Waals surface area (Å²) in [5.41, 5.74) is 8.14. The molecular formula is C13H15N3O2S. The topological polar surface area (TPSA) is 88.2 Å². The van der Waals surface area contributed by atoms with Crippen LogP contribution in [0.3, 0.4) is 0 Å². The number of aryl methyl sites for hydroxylation is 2. The van der Waals surface area contributed by atoms with E-state index in [4.69, 9.17) is 10.8 Å². The van der Waals surface area contributed by atoms with Crippen LogP contribution in [0.4, 0.5) is 16.5 Å². The van der Waals surface area contributed by atoms with Crippen LogP contribution in [-0.4, -0.2) is 16.1 Å². The summed E-state index contributed by atoms with van der Waals surface area (Å²) in [6, 6.07) is 4.57. The second kappa shape index (κ2) is 5.27. The summed E-state index contributed by atoms with van der Waals surface area (Å²) in [6.07, 6.45) is 0.870. The average molecular weight is 277 g/mol. The lowest BCUT2D eigenvalue weighted by atomic mass is 10.2. The number of aromatic carboxylic acids is 1. The highest BCUT2D eigenvalue weighted by Crippen LogP contribution is 2.29. The smallest absolute Gasteiger partial charge is 0.335 e. The van der Waals surface area contributed by atoms with Crippen LogP contribution in [0, 0.1) is 6.92 Å². The number of anilines is 3. The standard InChI is InChI=1S/C13H15N3O2S/c1-3-10-7(2)19-13(15-10)16-11-6-8(12(17)18)4-5-9(11)14/h4-6H,3,14H2,1-2H3,(H,15,16)(H,17,18). The van der Waals surface area contributed by atoms with Crippen molar-refractivity contribution in [3.63, 3.8) is 0 Å². The predicted molar refractivity (Wildman–Crippen MR) is 77.3 cm³/mol. The van der Waals surface area contributed by atoms with Crippen molar-refractivity contribution in [3.8, 4) is 0 Å². The predicted octanol–water partition coefficient (Wildman–Crippen LogP) is 3.04. The van der Waals surface area contributed by atoms with E-state index in [9.17, 15) is 4.79 Å². The molecule has 4 N–H and O–H groups in total. The maximum Gasteiger partial charge on any atom is 0.335 e. The number of carboxylic acid groups (broad SMARTS) is 1. The Morgan fingerprint density at radius 1 is 1.53 bits per heavy atom. The summed E-state index contributed by atoms with van der Waals surface area (Å²) in [5, 5.41) is 12.8. The zero-order valence-electron chi connectivity index (χ0n) is 10.7. The number of hydrogen-bond acceptors (Lipinski definition) is 5. The first kappa shape index (κ1) is 13.4. The number of nitrogens with one attached hydrogen (secondary N) is 1. The van der Waals surface area contributed by atoms with E-state index >= 15 is 0 Å². The number of benzene rings is 1. The summed E-state index contributed by atoms with van der Waals surface area (Å²) in [5.74, 6) is -0.979. The first-order valence-corrected chi connectivity index (χ1v) is 6.69. The van der Waals surface area contributed by atoms with Crippen LogP contribution in [0.25, 0.3) is 0 Å². The van der Waals surface area contributed by atoms with Crippen molar-refractivity contribution < 1.29 is 9.90 Å². The number of thiazole rings is 1. The van der Waals surface area contributed by atoms with Gasteiger partial charge in [0.25, 0.3) is 0 Å². The van der Waals surface area contributed by atoms with E-state index in [1.807, 2.05) is 13.8 Å². The molecule has 0 fully saturated rings. The zero-order chi connectivity index (χ0) is 14.0. The third-order valence-corrected chi connectivity index (χ3v) is 3.70. The van der Waals surface area contributed by atoms with Gasteiger partial charge in [-0.25, -0.2) is 9.78 Å². The van der Waals surface area contributed by atoms with Crippen molar-refractivity contribution in [1.29, 1.82) is 0 Å². The van der Waals surface area contributed by atoms with E-state index in [1.165, 1.54) is 23.5 Å². The second-order valence-corrected chi connectivity index (χ2v) is 5.31. The van der Waals surface area contributed by atoms with Gasteiger partial charge in [-0.05, 0) is 31.5 Å². The minimum atomic E-state index is -0.979. The highest BCUT2D eigenvalue weighted by molar-refractivity contribution is 7.15. The lowest BCUT2D eigenvalue weighted by Crippen LogP contribution is -2.01. The van der Waals surface area contributed by atoms with Gasteiger partial charge in [0.05, 0.1) is 22.6 Å². The molecular weight excluding hydrogens is 262 g/mol. The van der Waals surface area contributed by atoms with Crippen molar-refractivity contribution in [2.75, 3.05) is 11.1 Å². The highest BCUT2D eigenvalue weighted by Gasteiger charge is 2.10.